The van der Waals surface area contributed by atoms with E-state index in [1.165, 1.54) is 12.1 Å². The number of aromatic carboxylic acids is 1. The molecule has 0 fully saturated rings. The van der Waals surface area contributed by atoms with Gasteiger partial charge in [-0.25, -0.2) is 9.78 Å². The molecule has 0 aromatic carbocycles. The smallest absolute Gasteiger partial charge is 0.339 e. The summed E-state index contributed by atoms with van der Waals surface area (Å²) in [6, 6.07) is 2.91. The van der Waals surface area contributed by atoms with E-state index in [2.05, 4.69) is 22.1 Å². The average Bonchev–Trinajstić information content (AvgIpc) is 2.28. The van der Waals surface area contributed by atoms with Crippen molar-refractivity contribution in [1.29, 1.82) is 0 Å². The summed E-state index contributed by atoms with van der Waals surface area (Å²) >= 11 is 5.74. The molecular weight excluding hydrogens is 242 g/mol. The standard InChI is InChI=1S/C11H16ClN3O2/c1-3-15(2)7-6-13-10-8(11(16)17)4-5-9(12)14-10/h4-5H,3,6-7H2,1-2H3,(H,13,14)(H,16,17). The van der Waals surface area contributed by atoms with Gasteiger partial charge in [-0.2, -0.15) is 0 Å². The molecule has 0 radical (unpaired) electrons. The van der Waals surface area contributed by atoms with Crippen LogP contribution in [0, 0.1) is 0 Å². The van der Waals surface area contributed by atoms with Crippen LogP contribution in [0.25, 0.3) is 0 Å². The predicted octanol–water partition coefficient (Wildman–Crippen LogP) is 1.80. The second kappa shape index (κ2) is 6.42. The van der Waals surface area contributed by atoms with Crippen molar-refractivity contribution in [2.45, 2.75) is 6.92 Å². The van der Waals surface area contributed by atoms with Crippen LogP contribution >= 0.6 is 11.6 Å². The van der Waals surface area contributed by atoms with Gasteiger partial charge in [0.1, 0.15) is 16.5 Å². The number of nitrogens with one attached hydrogen (secondary N) is 1. The van der Waals surface area contributed by atoms with Crippen molar-refractivity contribution >= 4 is 23.4 Å². The minimum Gasteiger partial charge on any atom is -0.478 e. The number of pyridine rings is 1. The fourth-order valence-corrected chi connectivity index (χ4v) is 1.41. The first-order valence-electron chi connectivity index (χ1n) is 5.36. The molecule has 0 aliphatic heterocycles. The first kappa shape index (κ1) is 13.7. The van der Waals surface area contributed by atoms with Crippen LogP contribution in [0.5, 0.6) is 0 Å². The molecular formula is C11H16ClN3O2. The molecule has 94 valence electrons. The summed E-state index contributed by atoms with van der Waals surface area (Å²) in [4.78, 5) is 17.0. The first-order chi connectivity index (χ1) is 8.04. The van der Waals surface area contributed by atoms with Crippen LogP contribution < -0.4 is 5.32 Å². The second-order valence-corrected chi connectivity index (χ2v) is 4.05. The zero-order valence-electron chi connectivity index (χ0n) is 9.90. The van der Waals surface area contributed by atoms with E-state index in [9.17, 15) is 4.79 Å². The van der Waals surface area contributed by atoms with Crippen LogP contribution in [0.2, 0.25) is 5.15 Å². The molecule has 1 aromatic rings. The first-order valence-corrected chi connectivity index (χ1v) is 5.74. The van der Waals surface area contributed by atoms with E-state index >= 15 is 0 Å². The number of carbonyl (C=O) groups is 1. The maximum atomic E-state index is 11.0. The van der Waals surface area contributed by atoms with Crippen molar-refractivity contribution in [1.82, 2.24) is 9.88 Å². The number of hydrogen-bond acceptors (Lipinski definition) is 4. The highest BCUT2D eigenvalue weighted by atomic mass is 35.5. The topological polar surface area (TPSA) is 65.5 Å². The number of likely N-dealkylation sites (N-methyl/N-ethyl adjacent to an activating group) is 1. The highest BCUT2D eigenvalue weighted by Crippen LogP contribution is 2.16. The van der Waals surface area contributed by atoms with Crippen molar-refractivity contribution < 1.29 is 9.90 Å². The van der Waals surface area contributed by atoms with Gasteiger partial charge in [-0.3, -0.25) is 0 Å². The summed E-state index contributed by atoms with van der Waals surface area (Å²) in [6.45, 7) is 4.43. The number of rotatable bonds is 6. The third-order valence-electron chi connectivity index (χ3n) is 2.42. The van der Waals surface area contributed by atoms with Gasteiger partial charge in [0, 0.05) is 13.1 Å². The van der Waals surface area contributed by atoms with Gasteiger partial charge in [0.25, 0.3) is 0 Å². The van der Waals surface area contributed by atoms with Crippen molar-refractivity contribution in [2.24, 2.45) is 0 Å². The van der Waals surface area contributed by atoms with E-state index in [1.807, 2.05) is 7.05 Å². The van der Waals surface area contributed by atoms with Crippen LogP contribution in [-0.2, 0) is 0 Å². The average molecular weight is 258 g/mol. The molecule has 0 amide bonds. The van der Waals surface area contributed by atoms with Gasteiger partial charge >= 0.3 is 5.97 Å². The van der Waals surface area contributed by atoms with E-state index in [0.717, 1.165) is 13.1 Å². The lowest BCUT2D eigenvalue weighted by molar-refractivity contribution is 0.0697. The van der Waals surface area contributed by atoms with Crippen LogP contribution in [0.4, 0.5) is 5.82 Å². The monoisotopic (exact) mass is 257 g/mol. The molecule has 0 saturated heterocycles. The quantitative estimate of drug-likeness (QED) is 0.761. The number of anilines is 1. The SMILES string of the molecule is CCN(C)CCNc1nc(Cl)ccc1C(=O)O. The number of hydrogen-bond donors (Lipinski definition) is 2. The van der Waals surface area contributed by atoms with E-state index < -0.39 is 5.97 Å². The molecule has 0 bridgehead atoms. The van der Waals surface area contributed by atoms with Crippen LogP contribution in [0.1, 0.15) is 17.3 Å². The van der Waals surface area contributed by atoms with Gasteiger partial charge in [-0.15, -0.1) is 0 Å². The summed E-state index contributed by atoms with van der Waals surface area (Å²) in [6.07, 6.45) is 0. The fraction of sp³-hybridized carbons (Fsp3) is 0.455. The van der Waals surface area contributed by atoms with Crippen molar-refractivity contribution in [3.8, 4) is 0 Å². The Labute approximate surface area is 105 Å². The third kappa shape index (κ3) is 4.20. The van der Waals surface area contributed by atoms with E-state index in [1.54, 1.807) is 0 Å². The zero-order chi connectivity index (χ0) is 12.8. The van der Waals surface area contributed by atoms with Crippen LogP contribution in [-0.4, -0.2) is 47.6 Å². The molecule has 6 heteroatoms. The summed E-state index contributed by atoms with van der Waals surface area (Å²) in [5.41, 5.74) is 0.133. The minimum atomic E-state index is -1.01. The number of carboxylic acid groups (broad SMARTS) is 1. The molecule has 0 atom stereocenters. The number of carboxylic acids is 1. The second-order valence-electron chi connectivity index (χ2n) is 3.66. The number of nitrogens with zero attached hydrogens (tertiary/aromatic N) is 2. The Bertz CT molecular complexity index is 398. The van der Waals surface area contributed by atoms with Crippen LogP contribution in [0.15, 0.2) is 12.1 Å². The highest BCUT2D eigenvalue weighted by molar-refractivity contribution is 6.29. The Morgan fingerprint density at radius 2 is 2.29 bits per heavy atom. The lowest BCUT2D eigenvalue weighted by Crippen LogP contribution is -2.25. The molecule has 0 aliphatic rings. The van der Waals surface area contributed by atoms with E-state index in [0.29, 0.717) is 12.4 Å². The maximum absolute atomic E-state index is 11.0. The number of aromatic nitrogens is 1. The molecule has 1 aromatic heterocycles. The van der Waals surface area contributed by atoms with E-state index in [4.69, 9.17) is 16.7 Å². The Morgan fingerprint density at radius 3 is 2.88 bits per heavy atom. The Balaban J connectivity index is 2.68. The lowest BCUT2D eigenvalue weighted by Gasteiger charge is -2.15. The molecule has 0 spiro atoms. The van der Waals surface area contributed by atoms with Gasteiger partial charge in [0.05, 0.1) is 0 Å². The third-order valence-corrected chi connectivity index (χ3v) is 2.63. The molecule has 1 rings (SSSR count). The summed E-state index contributed by atoms with van der Waals surface area (Å²) < 4.78 is 0. The minimum absolute atomic E-state index is 0.133. The summed E-state index contributed by atoms with van der Waals surface area (Å²) in [5.74, 6) is -0.699. The summed E-state index contributed by atoms with van der Waals surface area (Å²) in [7, 11) is 1.99. The fourth-order valence-electron chi connectivity index (χ4n) is 1.27. The zero-order valence-corrected chi connectivity index (χ0v) is 10.7. The molecule has 0 saturated carbocycles. The van der Waals surface area contributed by atoms with Crippen LogP contribution in [0.3, 0.4) is 0 Å². The van der Waals surface area contributed by atoms with E-state index in [-0.39, 0.29) is 10.7 Å². The van der Waals surface area contributed by atoms with Gasteiger partial charge in [0.15, 0.2) is 0 Å². The Hall–Kier alpha value is -1.33. The Morgan fingerprint density at radius 1 is 1.59 bits per heavy atom. The largest absolute Gasteiger partial charge is 0.478 e. The van der Waals surface area contributed by atoms with Crippen molar-refractivity contribution in [3.63, 3.8) is 0 Å². The van der Waals surface area contributed by atoms with Gasteiger partial charge in [0.2, 0.25) is 0 Å². The maximum Gasteiger partial charge on any atom is 0.339 e. The predicted molar refractivity (Wildman–Crippen MR) is 67.9 cm³/mol. The van der Waals surface area contributed by atoms with Gasteiger partial charge in [-0.05, 0) is 25.7 Å². The van der Waals surface area contributed by atoms with Gasteiger partial charge < -0.3 is 15.3 Å². The molecule has 0 unspecified atom stereocenters. The molecule has 17 heavy (non-hydrogen) atoms. The Kier molecular flexibility index (Phi) is 5.18. The van der Waals surface area contributed by atoms with Crippen molar-refractivity contribution in [3.05, 3.63) is 22.8 Å². The van der Waals surface area contributed by atoms with Gasteiger partial charge in [-0.1, -0.05) is 18.5 Å². The normalized spacial score (nSPS) is 10.6. The molecule has 1 heterocycles. The molecule has 0 aliphatic carbocycles. The number of halogens is 1. The highest BCUT2D eigenvalue weighted by Gasteiger charge is 2.11. The molecule has 5 nitrogen and oxygen atoms in total. The lowest BCUT2D eigenvalue weighted by atomic mass is 10.2. The molecule has 2 N–H and O–H groups in total. The van der Waals surface area contributed by atoms with Crippen molar-refractivity contribution in [2.75, 3.05) is 32.0 Å². The summed E-state index contributed by atoms with van der Waals surface area (Å²) in [5, 5.41) is 12.2.